The van der Waals surface area contributed by atoms with Gasteiger partial charge in [0, 0.05) is 26.2 Å². The number of nitrogens with one attached hydrogen (secondary N) is 1. The number of aliphatic hydroxyl groups is 1. The van der Waals surface area contributed by atoms with Gasteiger partial charge >= 0.3 is 6.18 Å². The molecule has 4 nitrogen and oxygen atoms in total. The summed E-state index contributed by atoms with van der Waals surface area (Å²) in [6.45, 7) is -0.111. The number of benzene rings is 1. The predicted molar refractivity (Wildman–Crippen MR) is 77.2 cm³/mol. The maximum absolute atomic E-state index is 14.3. The van der Waals surface area contributed by atoms with Crippen molar-refractivity contribution >= 4 is 0 Å². The zero-order valence-corrected chi connectivity index (χ0v) is 13.0. The number of hydrogen-bond donors (Lipinski definition) is 2. The summed E-state index contributed by atoms with van der Waals surface area (Å²) < 4.78 is 72.6. The van der Waals surface area contributed by atoms with Crippen LogP contribution in [0, 0.1) is 0 Å². The van der Waals surface area contributed by atoms with Crippen LogP contribution in [0.5, 0.6) is 5.75 Å². The molecule has 1 heterocycles. The molecule has 0 aliphatic carbocycles. The molecule has 24 heavy (non-hydrogen) atoms. The van der Waals surface area contributed by atoms with Crippen LogP contribution >= 0.6 is 0 Å². The molecule has 1 saturated heterocycles. The van der Waals surface area contributed by atoms with Crippen molar-refractivity contribution in [3.8, 4) is 5.75 Å². The van der Waals surface area contributed by atoms with Gasteiger partial charge in [0.25, 0.3) is 5.92 Å². The Morgan fingerprint density at radius 1 is 1.17 bits per heavy atom. The van der Waals surface area contributed by atoms with Gasteiger partial charge in [-0.15, -0.1) is 0 Å². The molecule has 0 bridgehead atoms. The molecule has 1 aromatic rings. The van der Waals surface area contributed by atoms with E-state index in [9.17, 15) is 22.0 Å². The average Bonchev–Trinajstić information content (AvgIpc) is 2.54. The fraction of sp³-hybridized carbons (Fsp3) is 0.600. The third-order valence-electron chi connectivity index (χ3n) is 3.94. The van der Waals surface area contributed by atoms with Crippen molar-refractivity contribution in [2.75, 3.05) is 39.9 Å². The highest BCUT2D eigenvalue weighted by Gasteiger charge is 2.45. The van der Waals surface area contributed by atoms with Crippen molar-refractivity contribution in [2.45, 2.75) is 18.1 Å². The Balaban J connectivity index is 2.52. The van der Waals surface area contributed by atoms with Crippen molar-refractivity contribution < 1.29 is 31.8 Å². The first kappa shape index (κ1) is 18.9. The Morgan fingerprint density at radius 3 is 2.29 bits per heavy atom. The van der Waals surface area contributed by atoms with Crippen LogP contribution in [0.4, 0.5) is 22.0 Å². The summed E-state index contributed by atoms with van der Waals surface area (Å²) in [5.74, 6) is -3.75. The second kappa shape index (κ2) is 7.20. The summed E-state index contributed by atoms with van der Waals surface area (Å²) in [5, 5.41) is 12.1. The zero-order chi connectivity index (χ0) is 18.0. The molecule has 0 radical (unpaired) electrons. The lowest BCUT2D eigenvalue weighted by Crippen LogP contribution is -2.51. The van der Waals surface area contributed by atoms with E-state index < -0.39 is 30.3 Å². The van der Waals surface area contributed by atoms with E-state index in [1.165, 1.54) is 12.0 Å². The summed E-state index contributed by atoms with van der Waals surface area (Å²) in [6.07, 6.45) is -4.69. The highest BCUT2D eigenvalue weighted by Crippen LogP contribution is 2.40. The lowest BCUT2D eigenvalue weighted by molar-refractivity contribution is -0.138. The maximum atomic E-state index is 14.3. The highest BCUT2D eigenvalue weighted by molar-refractivity contribution is 5.38. The van der Waals surface area contributed by atoms with Crippen LogP contribution in [0.3, 0.4) is 0 Å². The molecule has 1 atom stereocenters. The van der Waals surface area contributed by atoms with E-state index in [1.807, 2.05) is 0 Å². The molecule has 1 aliphatic heterocycles. The van der Waals surface area contributed by atoms with E-state index in [1.54, 1.807) is 0 Å². The van der Waals surface area contributed by atoms with Gasteiger partial charge in [-0.1, -0.05) is 0 Å². The average molecular weight is 354 g/mol. The Labute approximate surface area is 136 Å². The zero-order valence-electron chi connectivity index (χ0n) is 13.0. The van der Waals surface area contributed by atoms with Gasteiger partial charge in [-0.05, 0) is 23.8 Å². The first-order valence-corrected chi connectivity index (χ1v) is 7.38. The van der Waals surface area contributed by atoms with Crippen LogP contribution < -0.4 is 10.1 Å². The van der Waals surface area contributed by atoms with Gasteiger partial charge in [0.2, 0.25) is 0 Å². The molecular formula is C15H19F5N2O2. The van der Waals surface area contributed by atoms with Crippen molar-refractivity contribution in [1.29, 1.82) is 0 Å². The van der Waals surface area contributed by atoms with Gasteiger partial charge < -0.3 is 15.2 Å². The van der Waals surface area contributed by atoms with E-state index in [0.717, 1.165) is 12.1 Å². The maximum Gasteiger partial charge on any atom is 0.416 e. The van der Waals surface area contributed by atoms with Crippen LogP contribution in [0.2, 0.25) is 0 Å². The van der Waals surface area contributed by atoms with Gasteiger partial charge in [-0.25, -0.2) is 8.78 Å². The monoisotopic (exact) mass is 354 g/mol. The van der Waals surface area contributed by atoms with Gasteiger partial charge in [-0.3, -0.25) is 4.90 Å². The number of ether oxygens (including phenoxy) is 1. The van der Waals surface area contributed by atoms with Crippen LogP contribution in [0.1, 0.15) is 17.2 Å². The SMILES string of the molecule is COc1cc([C@@H](N2CCNCC2)C(F)(F)CO)cc(C(F)(F)F)c1. The first-order chi connectivity index (χ1) is 11.2. The number of alkyl halides is 5. The normalized spacial score (nSPS) is 18.5. The molecule has 2 N–H and O–H groups in total. The molecule has 0 aromatic heterocycles. The molecule has 1 aromatic carbocycles. The van der Waals surface area contributed by atoms with Crippen molar-refractivity contribution in [3.05, 3.63) is 29.3 Å². The number of methoxy groups -OCH3 is 1. The molecule has 0 amide bonds. The largest absolute Gasteiger partial charge is 0.497 e. The van der Waals surface area contributed by atoms with E-state index >= 15 is 0 Å². The van der Waals surface area contributed by atoms with E-state index in [0.29, 0.717) is 19.2 Å². The van der Waals surface area contributed by atoms with E-state index in [4.69, 9.17) is 9.84 Å². The number of aliphatic hydroxyl groups excluding tert-OH is 1. The van der Waals surface area contributed by atoms with Gasteiger partial charge in [0.05, 0.1) is 12.7 Å². The Kier molecular flexibility index (Phi) is 5.67. The van der Waals surface area contributed by atoms with Crippen molar-refractivity contribution in [3.63, 3.8) is 0 Å². The summed E-state index contributed by atoms with van der Waals surface area (Å²) in [6, 6.07) is 0.945. The second-order valence-electron chi connectivity index (χ2n) is 5.60. The summed E-state index contributed by atoms with van der Waals surface area (Å²) in [5.41, 5.74) is -1.30. The van der Waals surface area contributed by atoms with E-state index in [-0.39, 0.29) is 24.4 Å². The van der Waals surface area contributed by atoms with Crippen LogP contribution in [0.25, 0.3) is 0 Å². The topological polar surface area (TPSA) is 44.7 Å². The third kappa shape index (κ3) is 4.14. The molecule has 0 unspecified atom stereocenters. The van der Waals surface area contributed by atoms with Crippen molar-refractivity contribution in [1.82, 2.24) is 10.2 Å². The molecule has 9 heteroatoms. The second-order valence-corrected chi connectivity index (χ2v) is 5.60. The summed E-state index contributed by atoms with van der Waals surface area (Å²) in [4.78, 5) is 1.38. The number of halogens is 5. The standard InChI is InChI=1S/C15H19F5N2O2/c1-24-12-7-10(6-11(8-12)15(18,19)20)13(14(16,17)9-23)22-4-2-21-3-5-22/h6-8,13,21,23H,2-5,9H2,1H3/t13-/m1/s1. The molecule has 1 aliphatic rings. The highest BCUT2D eigenvalue weighted by atomic mass is 19.4. The molecule has 136 valence electrons. The third-order valence-corrected chi connectivity index (χ3v) is 3.94. The van der Waals surface area contributed by atoms with E-state index in [2.05, 4.69) is 5.32 Å². The molecule has 1 fully saturated rings. The molecule has 0 saturated carbocycles. The lowest BCUT2D eigenvalue weighted by atomic mass is 9.96. The lowest BCUT2D eigenvalue weighted by Gasteiger charge is -2.39. The van der Waals surface area contributed by atoms with Gasteiger partial charge in [0.15, 0.2) is 0 Å². The fourth-order valence-electron chi connectivity index (χ4n) is 2.81. The summed E-state index contributed by atoms with van der Waals surface area (Å²) in [7, 11) is 1.17. The number of hydrogen-bond acceptors (Lipinski definition) is 4. The van der Waals surface area contributed by atoms with Crippen LogP contribution in [-0.4, -0.2) is 55.8 Å². The quantitative estimate of drug-likeness (QED) is 0.797. The number of nitrogens with zero attached hydrogens (tertiary/aromatic N) is 1. The van der Waals surface area contributed by atoms with Crippen LogP contribution in [-0.2, 0) is 6.18 Å². The number of rotatable bonds is 5. The van der Waals surface area contributed by atoms with Crippen LogP contribution in [0.15, 0.2) is 18.2 Å². The van der Waals surface area contributed by atoms with Crippen molar-refractivity contribution in [2.24, 2.45) is 0 Å². The van der Waals surface area contributed by atoms with Gasteiger partial charge in [0.1, 0.15) is 18.4 Å². The molecular weight excluding hydrogens is 335 g/mol. The summed E-state index contributed by atoms with van der Waals surface area (Å²) >= 11 is 0. The Bertz CT molecular complexity index is 559. The Morgan fingerprint density at radius 2 is 1.79 bits per heavy atom. The molecule has 2 rings (SSSR count). The number of piperazine rings is 1. The van der Waals surface area contributed by atoms with Gasteiger partial charge in [-0.2, -0.15) is 13.2 Å². The fourth-order valence-corrected chi connectivity index (χ4v) is 2.81. The first-order valence-electron chi connectivity index (χ1n) is 7.38. The minimum atomic E-state index is -4.69. The Hall–Kier alpha value is -1.45. The minimum Gasteiger partial charge on any atom is -0.497 e. The molecule has 0 spiro atoms. The smallest absolute Gasteiger partial charge is 0.416 e. The minimum absolute atomic E-state index is 0.159. The predicted octanol–water partition coefficient (Wildman–Crippen LogP) is 2.29.